The van der Waals surface area contributed by atoms with Crippen molar-refractivity contribution in [3.63, 3.8) is 0 Å². The summed E-state index contributed by atoms with van der Waals surface area (Å²) < 4.78 is 46.5. The van der Waals surface area contributed by atoms with Crippen LogP contribution in [0.25, 0.3) is 0 Å². The summed E-state index contributed by atoms with van der Waals surface area (Å²) in [5.41, 5.74) is 0. The third-order valence-electron chi connectivity index (χ3n) is 3.74. The lowest BCUT2D eigenvalue weighted by Crippen LogP contribution is -2.22. The molecular formula is C18H36O8P2. The highest BCUT2D eigenvalue weighted by molar-refractivity contribution is 7.63. The van der Waals surface area contributed by atoms with Gasteiger partial charge in [-0.2, -0.15) is 0 Å². The van der Waals surface area contributed by atoms with Gasteiger partial charge in [0.25, 0.3) is 0 Å². The fourth-order valence-corrected chi connectivity index (χ4v) is 5.34. The van der Waals surface area contributed by atoms with E-state index in [9.17, 15) is 9.13 Å². The average Bonchev–Trinajstić information content (AvgIpc) is 2.77. The Morgan fingerprint density at radius 3 is 2.11 bits per heavy atom. The van der Waals surface area contributed by atoms with Crippen LogP contribution in [0.15, 0.2) is 0 Å². The quantitative estimate of drug-likeness (QED) is 0.274. The Morgan fingerprint density at radius 2 is 1.64 bits per heavy atom. The zero-order chi connectivity index (χ0) is 21.7. The Kier molecular flexibility index (Phi) is 22.5. The summed E-state index contributed by atoms with van der Waals surface area (Å²) >= 11 is 0. The zero-order valence-electron chi connectivity index (χ0n) is 17.2. The third-order valence-corrected chi connectivity index (χ3v) is 7.44. The van der Waals surface area contributed by atoms with Crippen LogP contribution in [0.2, 0.25) is 0 Å². The number of unbranched alkanes of at least 4 members (excludes halogenated alkanes) is 1. The van der Waals surface area contributed by atoms with E-state index in [-0.39, 0.29) is 14.8 Å². The molecule has 2 unspecified atom stereocenters. The van der Waals surface area contributed by atoms with E-state index < -0.39 is 13.0 Å². The van der Waals surface area contributed by atoms with Gasteiger partial charge in [0.2, 0.25) is 0 Å². The molecule has 1 saturated heterocycles. The van der Waals surface area contributed by atoms with Gasteiger partial charge in [-0.15, -0.1) is 0 Å². The number of hydrogen-bond donors (Lipinski definition) is 0. The second kappa shape index (κ2) is 21.2. The minimum Gasteiger partial charge on any atom is -0.353 e. The molecule has 10 heteroatoms. The smallest absolute Gasteiger partial charge is 0.345 e. The minimum atomic E-state index is -3.33. The number of carbonyl (C=O) groups excluding carboxylic acids is 2. The molecule has 0 aromatic rings. The fourth-order valence-electron chi connectivity index (χ4n) is 2.40. The summed E-state index contributed by atoms with van der Waals surface area (Å²) in [7, 11) is -3.50. The molecule has 0 aliphatic carbocycles. The summed E-state index contributed by atoms with van der Waals surface area (Å²) in [6.07, 6.45) is 6.73. The van der Waals surface area contributed by atoms with Gasteiger partial charge >= 0.3 is 7.60 Å². The number of carbonyl (C=O) groups is 2. The van der Waals surface area contributed by atoms with Gasteiger partial charge in [-0.1, -0.05) is 13.8 Å². The van der Waals surface area contributed by atoms with Crippen LogP contribution in [0.1, 0.15) is 65.2 Å². The number of ether oxygens (including phenoxy) is 2. The van der Waals surface area contributed by atoms with E-state index >= 15 is 0 Å². The van der Waals surface area contributed by atoms with Crippen molar-refractivity contribution in [3.05, 3.63) is 0 Å². The lowest BCUT2D eigenvalue weighted by molar-refractivity contribution is -0.162. The van der Waals surface area contributed by atoms with E-state index in [2.05, 4.69) is 0 Å². The Labute approximate surface area is 170 Å². The maximum Gasteiger partial charge on any atom is 0.345 e. The Balaban J connectivity index is 0. The highest BCUT2D eigenvalue weighted by Gasteiger charge is 2.36. The topological polar surface area (TPSA) is 105 Å². The summed E-state index contributed by atoms with van der Waals surface area (Å²) in [4.78, 5) is 16.0. The van der Waals surface area contributed by atoms with Crippen molar-refractivity contribution in [2.24, 2.45) is 0 Å². The predicted octanol–water partition coefficient (Wildman–Crippen LogP) is 4.99. The second-order valence-corrected chi connectivity index (χ2v) is 9.42. The first kappa shape index (κ1) is 29.7. The molecule has 8 nitrogen and oxygen atoms in total. The van der Waals surface area contributed by atoms with E-state index in [0.717, 1.165) is 51.6 Å². The van der Waals surface area contributed by atoms with Gasteiger partial charge in [0, 0.05) is 13.2 Å². The van der Waals surface area contributed by atoms with Gasteiger partial charge in [-0.25, -0.2) is 0 Å². The molecule has 0 amide bonds. The minimum absolute atomic E-state index is 0.0842. The van der Waals surface area contributed by atoms with E-state index in [1.807, 2.05) is 27.4 Å². The molecule has 1 rings (SSSR count). The molecule has 1 heterocycles. The molecule has 28 heavy (non-hydrogen) atoms. The van der Waals surface area contributed by atoms with Gasteiger partial charge in [0.05, 0.1) is 13.2 Å². The highest BCUT2D eigenvalue weighted by atomic mass is 31.2. The van der Waals surface area contributed by atoms with Crippen LogP contribution in [0.5, 0.6) is 0 Å². The van der Waals surface area contributed by atoms with Crippen molar-refractivity contribution in [2.75, 3.05) is 26.4 Å². The van der Waals surface area contributed by atoms with Crippen molar-refractivity contribution < 1.29 is 37.2 Å². The molecule has 0 saturated carbocycles. The SMILES string of the molecule is C=O.C=O.CCCOP(=O)(OCCC)C(CCCCOC1CCCCO1)P=O. The zero-order valence-corrected chi connectivity index (χ0v) is 19.0. The molecule has 1 fully saturated rings. The summed E-state index contributed by atoms with van der Waals surface area (Å²) in [5, 5.41) is -0.596. The van der Waals surface area contributed by atoms with Gasteiger partial charge < -0.3 is 28.1 Å². The van der Waals surface area contributed by atoms with E-state index in [1.165, 1.54) is 0 Å². The Morgan fingerprint density at radius 1 is 1.04 bits per heavy atom. The van der Waals surface area contributed by atoms with Crippen molar-refractivity contribution in [3.8, 4) is 0 Å². The molecule has 0 aromatic heterocycles. The van der Waals surface area contributed by atoms with Crippen LogP contribution in [0.3, 0.4) is 0 Å². The normalized spacial score (nSPS) is 17.7. The molecule has 0 bridgehead atoms. The molecule has 0 spiro atoms. The highest BCUT2D eigenvalue weighted by Crippen LogP contribution is 2.58. The summed E-state index contributed by atoms with van der Waals surface area (Å²) in [6.45, 7) is 9.97. The predicted molar refractivity (Wildman–Crippen MR) is 109 cm³/mol. The van der Waals surface area contributed by atoms with Gasteiger partial charge in [-0.05, 0) is 51.4 Å². The van der Waals surface area contributed by atoms with Gasteiger partial charge in [-0.3, -0.25) is 9.13 Å². The van der Waals surface area contributed by atoms with Gasteiger partial charge in [0.15, 0.2) is 14.8 Å². The third kappa shape index (κ3) is 13.6. The lowest BCUT2D eigenvalue weighted by Gasteiger charge is -2.23. The second-order valence-electron chi connectivity index (χ2n) is 5.96. The van der Waals surface area contributed by atoms with Crippen molar-refractivity contribution >= 4 is 29.6 Å². The van der Waals surface area contributed by atoms with Crippen LogP contribution < -0.4 is 0 Å². The van der Waals surface area contributed by atoms with Crippen LogP contribution in [-0.4, -0.2) is 51.7 Å². The number of hydrogen-bond acceptors (Lipinski definition) is 8. The Hall–Kier alpha value is -0.490. The molecule has 2 atom stereocenters. The van der Waals surface area contributed by atoms with Crippen LogP contribution in [0, 0.1) is 0 Å². The first-order valence-corrected chi connectivity index (χ1v) is 12.2. The van der Waals surface area contributed by atoms with Crippen molar-refractivity contribution in [2.45, 2.75) is 76.9 Å². The van der Waals surface area contributed by atoms with Crippen LogP contribution in [-0.2, 0) is 37.2 Å². The molecule has 0 N–H and O–H groups in total. The van der Waals surface area contributed by atoms with Crippen molar-refractivity contribution in [1.29, 1.82) is 0 Å². The van der Waals surface area contributed by atoms with Gasteiger partial charge in [0.1, 0.15) is 19.0 Å². The monoisotopic (exact) mass is 442 g/mol. The molecule has 1 aliphatic heterocycles. The van der Waals surface area contributed by atoms with E-state index in [0.29, 0.717) is 26.2 Å². The van der Waals surface area contributed by atoms with Crippen LogP contribution in [0.4, 0.5) is 0 Å². The first-order valence-electron chi connectivity index (χ1n) is 9.68. The van der Waals surface area contributed by atoms with Crippen molar-refractivity contribution in [1.82, 2.24) is 0 Å². The number of rotatable bonds is 14. The molecule has 0 aromatic carbocycles. The average molecular weight is 442 g/mol. The molecule has 1 aliphatic rings. The first-order chi connectivity index (χ1) is 13.7. The molecular weight excluding hydrogens is 406 g/mol. The van der Waals surface area contributed by atoms with Crippen LogP contribution >= 0.6 is 16.1 Å². The standard InChI is InChI=1S/C16H32O6P2.2CH2O/c1-3-11-21-24(18,22-12-4-2)16(23-17)10-6-8-14-20-15-9-5-7-13-19-15;2*1-2/h15-16H,3-14H2,1-2H3;2*1H2. The summed E-state index contributed by atoms with van der Waals surface area (Å²) in [6, 6.07) is 0. The Bertz CT molecular complexity index is 391. The summed E-state index contributed by atoms with van der Waals surface area (Å²) in [5.74, 6) is 0. The maximum atomic E-state index is 12.9. The lowest BCUT2D eigenvalue weighted by atomic mass is 10.2. The molecule has 0 radical (unpaired) electrons. The maximum absolute atomic E-state index is 12.9. The van der Waals surface area contributed by atoms with E-state index in [4.69, 9.17) is 28.1 Å². The molecule has 166 valence electrons. The van der Waals surface area contributed by atoms with E-state index in [1.54, 1.807) is 0 Å². The fraction of sp³-hybridized carbons (Fsp3) is 0.889. The largest absolute Gasteiger partial charge is 0.353 e.